The fraction of sp³-hybridized carbons (Fsp3) is 0.333. The van der Waals surface area contributed by atoms with Crippen LogP contribution in [0.3, 0.4) is 0 Å². The lowest BCUT2D eigenvalue weighted by atomic mass is 10.1. The highest BCUT2D eigenvalue weighted by Crippen LogP contribution is 2.39. The van der Waals surface area contributed by atoms with Crippen molar-refractivity contribution in [3.05, 3.63) is 50.7 Å². The Morgan fingerprint density at radius 1 is 1.37 bits per heavy atom. The lowest BCUT2D eigenvalue weighted by Crippen LogP contribution is -1.96. The van der Waals surface area contributed by atoms with Gasteiger partial charge in [-0.15, -0.1) is 11.3 Å². The highest BCUT2D eigenvalue weighted by molar-refractivity contribution is 9.09. The number of rotatable bonds is 5. The Hall–Kier alpha value is -0.510. The largest absolute Gasteiger partial charge is 0.494 e. The van der Waals surface area contributed by atoms with E-state index in [2.05, 4.69) is 41.1 Å². The van der Waals surface area contributed by atoms with Crippen LogP contribution in [0.5, 0.6) is 5.75 Å². The zero-order valence-electron chi connectivity index (χ0n) is 11.0. The van der Waals surface area contributed by atoms with Gasteiger partial charge >= 0.3 is 0 Å². The molecule has 0 radical (unpaired) electrons. The molecule has 0 bridgehead atoms. The molecule has 0 spiro atoms. The van der Waals surface area contributed by atoms with Gasteiger partial charge in [0.15, 0.2) is 0 Å². The average molecular weight is 360 g/mol. The van der Waals surface area contributed by atoms with Crippen molar-refractivity contribution in [1.82, 2.24) is 0 Å². The maximum Gasteiger partial charge on any atom is 0.119 e. The summed E-state index contributed by atoms with van der Waals surface area (Å²) in [4.78, 5) is 1.38. The Kier molecular flexibility index (Phi) is 5.31. The van der Waals surface area contributed by atoms with Crippen molar-refractivity contribution in [2.24, 2.45) is 0 Å². The Bertz CT molecular complexity index is 533. The second-order valence-corrected chi connectivity index (χ2v) is 6.99. The highest BCUT2D eigenvalue weighted by atomic mass is 79.9. The molecule has 2 rings (SSSR count). The first-order chi connectivity index (χ1) is 9.11. The van der Waals surface area contributed by atoms with Crippen molar-refractivity contribution in [2.75, 3.05) is 6.61 Å². The number of thiophene rings is 1. The second kappa shape index (κ2) is 6.78. The summed E-state index contributed by atoms with van der Waals surface area (Å²) in [5, 5.41) is 0. The van der Waals surface area contributed by atoms with Gasteiger partial charge in [0.2, 0.25) is 0 Å². The van der Waals surface area contributed by atoms with Crippen LogP contribution in [-0.2, 0) is 0 Å². The number of benzene rings is 1. The van der Waals surface area contributed by atoms with Gasteiger partial charge in [0.25, 0.3) is 0 Å². The maximum absolute atomic E-state index is 6.13. The van der Waals surface area contributed by atoms with E-state index in [1.807, 2.05) is 19.1 Å². The lowest BCUT2D eigenvalue weighted by Gasteiger charge is -2.10. The molecule has 1 aromatic heterocycles. The van der Waals surface area contributed by atoms with Crippen molar-refractivity contribution in [3.8, 4) is 5.75 Å². The van der Waals surface area contributed by atoms with E-state index in [0.29, 0.717) is 0 Å². The van der Waals surface area contributed by atoms with E-state index in [0.717, 1.165) is 28.7 Å². The minimum absolute atomic E-state index is 0.161. The van der Waals surface area contributed by atoms with Gasteiger partial charge in [-0.3, -0.25) is 0 Å². The third kappa shape index (κ3) is 3.74. The molecule has 0 aliphatic carbocycles. The van der Waals surface area contributed by atoms with E-state index in [1.54, 1.807) is 11.3 Å². The van der Waals surface area contributed by atoms with Gasteiger partial charge in [0.1, 0.15) is 5.75 Å². The molecule has 1 nitrogen and oxygen atoms in total. The van der Waals surface area contributed by atoms with Gasteiger partial charge < -0.3 is 4.74 Å². The summed E-state index contributed by atoms with van der Waals surface area (Å²) >= 11 is 11.5. The number of ether oxygens (including phenoxy) is 1. The fourth-order valence-corrected chi connectivity index (χ4v) is 3.68. The maximum atomic E-state index is 6.13. The van der Waals surface area contributed by atoms with Crippen LogP contribution in [0.4, 0.5) is 0 Å². The van der Waals surface area contributed by atoms with Crippen molar-refractivity contribution >= 4 is 38.9 Å². The van der Waals surface area contributed by atoms with Crippen LogP contribution in [-0.4, -0.2) is 6.61 Å². The molecule has 2 aromatic rings. The van der Waals surface area contributed by atoms with E-state index >= 15 is 0 Å². The first-order valence-electron chi connectivity index (χ1n) is 6.24. The summed E-state index contributed by atoms with van der Waals surface area (Å²) in [7, 11) is 0. The first-order valence-corrected chi connectivity index (χ1v) is 8.35. The molecule has 0 fully saturated rings. The molecular formula is C15H16BrClOS. The summed E-state index contributed by atoms with van der Waals surface area (Å²) in [5.41, 5.74) is 2.32. The summed E-state index contributed by atoms with van der Waals surface area (Å²) in [6, 6.07) is 10.3. The van der Waals surface area contributed by atoms with Gasteiger partial charge in [0, 0.05) is 4.88 Å². The summed E-state index contributed by atoms with van der Waals surface area (Å²) in [6.07, 6.45) is 1.02. The van der Waals surface area contributed by atoms with E-state index in [4.69, 9.17) is 16.3 Å². The van der Waals surface area contributed by atoms with Crippen molar-refractivity contribution in [1.29, 1.82) is 0 Å². The van der Waals surface area contributed by atoms with E-state index < -0.39 is 0 Å². The molecule has 4 heteroatoms. The molecule has 0 aliphatic rings. The highest BCUT2D eigenvalue weighted by Gasteiger charge is 2.15. The van der Waals surface area contributed by atoms with E-state index in [9.17, 15) is 0 Å². The van der Waals surface area contributed by atoms with Crippen LogP contribution in [0.2, 0.25) is 4.34 Å². The molecule has 1 unspecified atom stereocenters. The molecule has 0 aliphatic heterocycles. The Labute approximate surface area is 131 Å². The smallest absolute Gasteiger partial charge is 0.119 e. The first kappa shape index (κ1) is 14.9. The van der Waals surface area contributed by atoms with Gasteiger partial charge in [-0.25, -0.2) is 0 Å². The van der Waals surface area contributed by atoms with Crippen LogP contribution in [0.25, 0.3) is 0 Å². The number of halogens is 2. The second-order valence-electron chi connectivity index (χ2n) is 4.39. The number of aryl methyl sites for hydroxylation is 1. The predicted molar refractivity (Wildman–Crippen MR) is 87.1 cm³/mol. The van der Waals surface area contributed by atoms with Gasteiger partial charge in [-0.05, 0) is 42.7 Å². The Morgan fingerprint density at radius 2 is 2.16 bits per heavy atom. The number of hydrogen-bond acceptors (Lipinski definition) is 2. The number of hydrogen-bond donors (Lipinski definition) is 0. The summed E-state index contributed by atoms with van der Waals surface area (Å²) in [6.45, 7) is 4.89. The molecule has 0 N–H and O–H groups in total. The Morgan fingerprint density at radius 3 is 2.79 bits per heavy atom. The molecule has 0 amide bonds. The normalized spacial score (nSPS) is 12.4. The molecule has 0 saturated carbocycles. The van der Waals surface area contributed by atoms with Gasteiger partial charge in [-0.2, -0.15) is 0 Å². The van der Waals surface area contributed by atoms with Gasteiger partial charge in [0.05, 0.1) is 15.8 Å². The minimum Gasteiger partial charge on any atom is -0.494 e. The Balaban J connectivity index is 2.20. The molecule has 102 valence electrons. The van der Waals surface area contributed by atoms with Crippen molar-refractivity contribution in [3.63, 3.8) is 0 Å². The summed E-state index contributed by atoms with van der Waals surface area (Å²) < 4.78 is 6.53. The molecular weight excluding hydrogens is 344 g/mol. The van der Waals surface area contributed by atoms with Crippen LogP contribution < -0.4 is 4.74 Å². The van der Waals surface area contributed by atoms with Crippen molar-refractivity contribution < 1.29 is 4.74 Å². The average Bonchev–Trinajstić information content (AvgIpc) is 2.76. The fourth-order valence-electron chi connectivity index (χ4n) is 1.75. The lowest BCUT2D eigenvalue weighted by molar-refractivity contribution is 0.317. The zero-order valence-corrected chi connectivity index (χ0v) is 14.1. The molecule has 1 atom stereocenters. The van der Waals surface area contributed by atoms with Crippen LogP contribution in [0.1, 0.15) is 34.2 Å². The molecule has 19 heavy (non-hydrogen) atoms. The monoisotopic (exact) mass is 358 g/mol. The summed E-state index contributed by atoms with van der Waals surface area (Å²) in [5.74, 6) is 0.920. The minimum atomic E-state index is 0.161. The standard InChI is InChI=1S/C15H16BrClOS/c1-3-7-18-12-6-4-5-11(9-12)14(16)13-8-10(2)15(17)19-13/h4-6,8-9,14H,3,7H2,1-2H3. The predicted octanol–water partition coefficient (Wildman–Crippen LogP) is 5.98. The van der Waals surface area contributed by atoms with Crippen molar-refractivity contribution in [2.45, 2.75) is 25.1 Å². The van der Waals surface area contributed by atoms with Crippen LogP contribution in [0.15, 0.2) is 30.3 Å². The third-order valence-electron chi connectivity index (χ3n) is 2.75. The quantitative estimate of drug-likeness (QED) is 0.596. The third-order valence-corrected chi connectivity index (χ3v) is 5.69. The SMILES string of the molecule is CCCOc1cccc(C(Br)c2cc(C)c(Cl)s2)c1. The molecule has 0 saturated heterocycles. The van der Waals surface area contributed by atoms with Crippen LogP contribution >= 0.6 is 38.9 Å². The molecule has 1 aromatic carbocycles. The zero-order chi connectivity index (χ0) is 13.8. The number of alkyl halides is 1. The van der Waals surface area contributed by atoms with E-state index in [-0.39, 0.29) is 4.83 Å². The van der Waals surface area contributed by atoms with Crippen LogP contribution in [0, 0.1) is 6.92 Å². The topological polar surface area (TPSA) is 9.23 Å². The van der Waals surface area contributed by atoms with Gasteiger partial charge in [-0.1, -0.05) is 46.6 Å². The molecule has 1 heterocycles. The van der Waals surface area contributed by atoms with E-state index in [1.165, 1.54) is 10.4 Å².